The molecule has 1 rings (SSSR count). The lowest BCUT2D eigenvalue weighted by Crippen LogP contribution is -2.09. The second-order valence-corrected chi connectivity index (χ2v) is 3.95. The Morgan fingerprint density at radius 1 is 1.25 bits per heavy atom. The lowest BCUT2D eigenvalue weighted by Gasteiger charge is -2.11. The maximum Gasteiger partial charge on any atom is 0.244 e. The van der Waals surface area contributed by atoms with E-state index in [2.05, 4.69) is 23.8 Å². The molecule has 5 heteroatoms. The van der Waals surface area contributed by atoms with E-state index in [1.807, 2.05) is 6.92 Å². The molecule has 0 amide bonds. The lowest BCUT2D eigenvalue weighted by molar-refractivity contribution is 0.257. The first-order chi connectivity index (χ1) is 7.65. The molecule has 0 fully saturated rings. The Bertz CT molecular complexity index is 329. The molecule has 0 aliphatic rings. The second kappa shape index (κ2) is 6.15. The minimum atomic E-state index is 0.372. The van der Waals surface area contributed by atoms with Gasteiger partial charge in [0.05, 0.1) is 13.2 Å². The fourth-order valence-corrected chi connectivity index (χ4v) is 1.04. The summed E-state index contributed by atoms with van der Waals surface area (Å²) in [5.41, 5.74) is 6.21. The van der Waals surface area contributed by atoms with Crippen LogP contribution in [0.3, 0.4) is 0 Å². The smallest absolute Gasteiger partial charge is 0.244 e. The van der Waals surface area contributed by atoms with E-state index in [4.69, 9.17) is 15.2 Å². The van der Waals surface area contributed by atoms with Crippen LogP contribution in [0.15, 0.2) is 6.33 Å². The Balaban J connectivity index is 2.70. The van der Waals surface area contributed by atoms with E-state index < -0.39 is 0 Å². The molecule has 0 aliphatic carbocycles. The molecule has 5 nitrogen and oxygen atoms in total. The fourth-order valence-electron chi connectivity index (χ4n) is 1.04. The molecule has 0 aliphatic heterocycles. The van der Waals surface area contributed by atoms with E-state index in [0.717, 1.165) is 6.42 Å². The normalized spacial score (nSPS) is 10.5. The first-order valence-electron chi connectivity index (χ1n) is 5.51. The minimum absolute atomic E-state index is 0.372. The van der Waals surface area contributed by atoms with Gasteiger partial charge >= 0.3 is 0 Å². The van der Waals surface area contributed by atoms with Crippen molar-refractivity contribution in [3.05, 3.63) is 6.33 Å². The van der Waals surface area contributed by atoms with Crippen LogP contribution in [-0.2, 0) is 0 Å². The fraction of sp³-hybridized carbons (Fsp3) is 0.636. The quantitative estimate of drug-likeness (QED) is 0.800. The minimum Gasteiger partial charge on any atom is -0.476 e. The predicted molar refractivity (Wildman–Crippen MR) is 62.6 cm³/mol. The molecular weight excluding hydrogens is 206 g/mol. The predicted octanol–water partition coefficient (Wildman–Crippen LogP) is 1.88. The highest BCUT2D eigenvalue weighted by molar-refractivity contribution is 5.55. The van der Waals surface area contributed by atoms with Crippen molar-refractivity contribution in [2.45, 2.75) is 27.2 Å². The van der Waals surface area contributed by atoms with Crippen LogP contribution in [0.25, 0.3) is 0 Å². The van der Waals surface area contributed by atoms with E-state index >= 15 is 0 Å². The van der Waals surface area contributed by atoms with Gasteiger partial charge in [-0.2, -0.15) is 9.97 Å². The third-order valence-electron chi connectivity index (χ3n) is 1.81. The summed E-state index contributed by atoms with van der Waals surface area (Å²) in [6, 6.07) is 0. The van der Waals surface area contributed by atoms with E-state index in [1.165, 1.54) is 6.33 Å². The molecular formula is C11H19N3O2. The summed E-state index contributed by atoms with van der Waals surface area (Å²) in [5, 5.41) is 0. The molecule has 2 N–H and O–H groups in total. The zero-order valence-corrected chi connectivity index (χ0v) is 10.1. The van der Waals surface area contributed by atoms with Gasteiger partial charge in [-0.05, 0) is 12.3 Å². The number of aromatic nitrogens is 2. The summed E-state index contributed by atoms with van der Waals surface area (Å²) in [6.45, 7) is 7.31. The summed E-state index contributed by atoms with van der Waals surface area (Å²) < 4.78 is 10.8. The number of anilines is 1. The average Bonchev–Trinajstić information content (AvgIpc) is 2.26. The number of rotatable bonds is 6. The summed E-state index contributed by atoms with van der Waals surface area (Å²) >= 11 is 0. The molecule has 0 atom stereocenters. The van der Waals surface area contributed by atoms with Crippen molar-refractivity contribution in [2.75, 3.05) is 18.9 Å². The number of ether oxygens (including phenoxy) is 2. The van der Waals surface area contributed by atoms with Crippen molar-refractivity contribution in [3.8, 4) is 11.8 Å². The van der Waals surface area contributed by atoms with Crippen molar-refractivity contribution in [2.24, 2.45) is 5.92 Å². The monoisotopic (exact) mass is 225 g/mol. The van der Waals surface area contributed by atoms with E-state index in [1.54, 1.807) is 0 Å². The van der Waals surface area contributed by atoms with Crippen molar-refractivity contribution in [1.29, 1.82) is 0 Å². The van der Waals surface area contributed by atoms with Crippen LogP contribution in [0.2, 0.25) is 0 Å². The molecule has 0 spiro atoms. The molecule has 0 aromatic carbocycles. The summed E-state index contributed by atoms with van der Waals surface area (Å²) in [6.07, 6.45) is 2.31. The van der Waals surface area contributed by atoms with Gasteiger partial charge in [-0.1, -0.05) is 20.8 Å². The number of nitrogens with zero attached hydrogens (tertiary/aromatic N) is 2. The van der Waals surface area contributed by atoms with Gasteiger partial charge < -0.3 is 15.2 Å². The van der Waals surface area contributed by atoms with Gasteiger partial charge in [0.2, 0.25) is 11.8 Å². The Labute approximate surface area is 96.0 Å². The van der Waals surface area contributed by atoms with E-state index in [-0.39, 0.29) is 0 Å². The Morgan fingerprint density at radius 3 is 2.44 bits per heavy atom. The highest BCUT2D eigenvalue weighted by atomic mass is 16.5. The second-order valence-electron chi connectivity index (χ2n) is 3.95. The summed E-state index contributed by atoms with van der Waals surface area (Å²) in [5.74, 6) is 1.22. The third-order valence-corrected chi connectivity index (χ3v) is 1.81. The molecule has 0 saturated heterocycles. The maximum absolute atomic E-state index is 5.84. The van der Waals surface area contributed by atoms with E-state index in [0.29, 0.717) is 36.6 Å². The van der Waals surface area contributed by atoms with Crippen LogP contribution in [0.4, 0.5) is 5.69 Å². The number of hydrogen-bond acceptors (Lipinski definition) is 5. The largest absolute Gasteiger partial charge is 0.476 e. The molecule has 0 saturated carbocycles. The molecule has 0 radical (unpaired) electrons. The van der Waals surface area contributed by atoms with Crippen molar-refractivity contribution >= 4 is 5.69 Å². The molecule has 0 bridgehead atoms. The first kappa shape index (κ1) is 12.5. The lowest BCUT2D eigenvalue weighted by atomic mass is 10.2. The van der Waals surface area contributed by atoms with Crippen molar-refractivity contribution in [3.63, 3.8) is 0 Å². The highest BCUT2D eigenvalue weighted by Crippen LogP contribution is 2.26. The maximum atomic E-state index is 5.84. The van der Waals surface area contributed by atoms with Crippen LogP contribution in [0.1, 0.15) is 27.2 Å². The van der Waals surface area contributed by atoms with Gasteiger partial charge in [-0.25, -0.2) is 0 Å². The highest BCUT2D eigenvalue weighted by Gasteiger charge is 2.10. The number of nitrogen functional groups attached to an aromatic ring is 1. The molecule has 90 valence electrons. The summed E-state index contributed by atoms with van der Waals surface area (Å²) in [4.78, 5) is 7.95. The SMILES string of the molecule is CCCOc1ncnc(OCC(C)C)c1N. The van der Waals surface area contributed by atoms with Crippen molar-refractivity contribution in [1.82, 2.24) is 9.97 Å². The van der Waals surface area contributed by atoms with Gasteiger partial charge in [0.15, 0.2) is 5.69 Å². The van der Waals surface area contributed by atoms with Gasteiger partial charge in [0.1, 0.15) is 6.33 Å². The van der Waals surface area contributed by atoms with Crippen LogP contribution >= 0.6 is 0 Å². The summed E-state index contributed by atoms with van der Waals surface area (Å²) in [7, 11) is 0. The van der Waals surface area contributed by atoms with Gasteiger partial charge in [0, 0.05) is 0 Å². The Kier molecular flexibility index (Phi) is 4.82. The third kappa shape index (κ3) is 3.56. The number of hydrogen-bond donors (Lipinski definition) is 1. The van der Waals surface area contributed by atoms with Gasteiger partial charge in [-0.3, -0.25) is 0 Å². The first-order valence-corrected chi connectivity index (χ1v) is 5.51. The van der Waals surface area contributed by atoms with Crippen molar-refractivity contribution < 1.29 is 9.47 Å². The Morgan fingerprint density at radius 2 is 1.88 bits per heavy atom. The van der Waals surface area contributed by atoms with Crippen LogP contribution in [0, 0.1) is 5.92 Å². The average molecular weight is 225 g/mol. The molecule has 1 heterocycles. The van der Waals surface area contributed by atoms with Gasteiger partial charge in [-0.15, -0.1) is 0 Å². The molecule has 1 aromatic heterocycles. The molecule has 16 heavy (non-hydrogen) atoms. The zero-order valence-electron chi connectivity index (χ0n) is 10.1. The topological polar surface area (TPSA) is 70.3 Å². The Hall–Kier alpha value is -1.52. The van der Waals surface area contributed by atoms with Gasteiger partial charge in [0.25, 0.3) is 0 Å². The van der Waals surface area contributed by atoms with E-state index in [9.17, 15) is 0 Å². The van der Waals surface area contributed by atoms with Crippen LogP contribution in [0.5, 0.6) is 11.8 Å². The standard InChI is InChI=1S/C11H19N3O2/c1-4-5-15-10-9(12)11(14-7-13-10)16-6-8(2)3/h7-8H,4-6,12H2,1-3H3. The van der Waals surface area contributed by atoms with Crippen LogP contribution < -0.4 is 15.2 Å². The molecule has 0 unspecified atom stereocenters. The number of nitrogens with two attached hydrogens (primary N) is 1. The van der Waals surface area contributed by atoms with Crippen LogP contribution in [-0.4, -0.2) is 23.2 Å². The molecule has 1 aromatic rings. The zero-order chi connectivity index (χ0) is 12.0.